The molecule has 0 bridgehead atoms. The molecule has 7 nitrogen and oxygen atoms in total. The van der Waals surface area contributed by atoms with Crippen LogP contribution in [0.1, 0.15) is 27.2 Å². The third-order valence-electron chi connectivity index (χ3n) is 4.45. The second-order valence-electron chi connectivity index (χ2n) is 5.97. The van der Waals surface area contributed by atoms with Crippen LogP contribution in [0.4, 0.5) is 0 Å². The van der Waals surface area contributed by atoms with Gasteiger partial charge in [0.15, 0.2) is 0 Å². The van der Waals surface area contributed by atoms with Crippen molar-refractivity contribution in [3.05, 3.63) is 0 Å². The molecular formula is C13H21N3O4. The fourth-order valence-corrected chi connectivity index (χ4v) is 2.86. The molecule has 112 valence electrons. The van der Waals surface area contributed by atoms with Gasteiger partial charge in [-0.05, 0) is 6.92 Å². The number of hydrogen-bond donors (Lipinski definition) is 2. The van der Waals surface area contributed by atoms with Crippen molar-refractivity contribution in [2.24, 2.45) is 11.1 Å². The Morgan fingerprint density at radius 2 is 1.95 bits per heavy atom. The Bertz CT molecular complexity index is 447. The van der Waals surface area contributed by atoms with E-state index in [1.807, 2.05) is 20.8 Å². The van der Waals surface area contributed by atoms with Gasteiger partial charge in [0, 0.05) is 18.4 Å². The highest BCUT2D eigenvalue weighted by Gasteiger charge is 2.64. The lowest BCUT2D eigenvalue weighted by Crippen LogP contribution is -2.77. The van der Waals surface area contributed by atoms with Crippen molar-refractivity contribution in [1.82, 2.24) is 10.2 Å². The van der Waals surface area contributed by atoms with Crippen molar-refractivity contribution in [1.29, 1.82) is 0 Å². The number of carbonyl (C=O) groups excluding carboxylic acids is 3. The van der Waals surface area contributed by atoms with Gasteiger partial charge in [-0.1, -0.05) is 13.8 Å². The molecule has 0 radical (unpaired) electrons. The number of carbonyl (C=O) groups is 3. The lowest BCUT2D eigenvalue weighted by atomic mass is 9.54. The second kappa shape index (κ2) is 4.82. The van der Waals surface area contributed by atoms with Crippen LogP contribution in [0.15, 0.2) is 0 Å². The summed E-state index contributed by atoms with van der Waals surface area (Å²) in [5.41, 5.74) is 4.63. The van der Waals surface area contributed by atoms with Crippen LogP contribution in [0.5, 0.6) is 0 Å². The lowest BCUT2D eigenvalue weighted by Gasteiger charge is -2.58. The highest BCUT2D eigenvalue weighted by atomic mass is 16.5. The zero-order chi connectivity index (χ0) is 15.1. The van der Waals surface area contributed by atoms with Crippen LogP contribution in [-0.2, 0) is 19.1 Å². The van der Waals surface area contributed by atoms with Gasteiger partial charge in [-0.15, -0.1) is 0 Å². The van der Waals surface area contributed by atoms with Crippen LogP contribution < -0.4 is 11.1 Å². The Balaban J connectivity index is 2.13. The quantitative estimate of drug-likeness (QED) is 0.647. The Kier molecular flexibility index (Phi) is 3.60. The number of nitrogens with two attached hydrogens (primary N) is 1. The number of rotatable bonds is 3. The van der Waals surface area contributed by atoms with E-state index in [-0.39, 0.29) is 25.1 Å². The van der Waals surface area contributed by atoms with Gasteiger partial charge >= 0.3 is 0 Å². The third-order valence-corrected chi connectivity index (χ3v) is 4.45. The summed E-state index contributed by atoms with van der Waals surface area (Å²) in [5, 5.41) is 2.16. The molecule has 2 aliphatic rings. The number of ether oxygens (including phenoxy) is 1. The number of imide groups is 1. The third kappa shape index (κ3) is 2.10. The summed E-state index contributed by atoms with van der Waals surface area (Å²) in [5.74, 6) is -1.31. The van der Waals surface area contributed by atoms with E-state index in [2.05, 4.69) is 5.32 Å². The molecule has 0 aromatic rings. The van der Waals surface area contributed by atoms with Crippen molar-refractivity contribution in [3.63, 3.8) is 0 Å². The first-order valence-corrected chi connectivity index (χ1v) is 6.75. The summed E-state index contributed by atoms with van der Waals surface area (Å²) < 4.78 is 5.57. The van der Waals surface area contributed by atoms with Gasteiger partial charge in [-0.25, -0.2) is 0 Å². The van der Waals surface area contributed by atoms with E-state index in [4.69, 9.17) is 10.5 Å². The molecule has 1 saturated carbocycles. The Morgan fingerprint density at radius 3 is 2.40 bits per heavy atom. The van der Waals surface area contributed by atoms with Crippen LogP contribution >= 0.6 is 0 Å². The zero-order valence-electron chi connectivity index (χ0n) is 12.1. The van der Waals surface area contributed by atoms with Crippen LogP contribution in [-0.4, -0.2) is 54.0 Å². The van der Waals surface area contributed by atoms with Gasteiger partial charge in [0.1, 0.15) is 18.6 Å². The monoisotopic (exact) mass is 283 g/mol. The Morgan fingerprint density at radius 1 is 1.40 bits per heavy atom. The summed E-state index contributed by atoms with van der Waals surface area (Å²) in [4.78, 5) is 36.5. The fourth-order valence-electron chi connectivity index (χ4n) is 2.86. The first kappa shape index (κ1) is 14.9. The van der Waals surface area contributed by atoms with Crippen molar-refractivity contribution >= 4 is 17.7 Å². The first-order valence-electron chi connectivity index (χ1n) is 6.75. The van der Waals surface area contributed by atoms with Crippen molar-refractivity contribution in [2.75, 3.05) is 19.7 Å². The van der Waals surface area contributed by atoms with Gasteiger partial charge in [-0.2, -0.15) is 0 Å². The summed E-state index contributed by atoms with van der Waals surface area (Å²) in [6, 6.07) is 0. The van der Waals surface area contributed by atoms with E-state index in [1.165, 1.54) is 4.90 Å². The van der Waals surface area contributed by atoms with Crippen molar-refractivity contribution < 1.29 is 19.1 Å². The lowest BCUT2D eigenvalue weighted by molar-refractivity contribution is -0.181. The summed E-state index contributed by atoms with van der Waals surface area (Å²) in [7, 11) is 0. The van der Waals surface area contributed by atoms with Gasteiger partial charge in [0.05, 0.1) is 6.10 Å². The summed E-state index contributed by atoms with van der Waals surface area (Å²) in [6.07, 6.45) is 0.315. The minimum absolute atomic E-state index is 0.0873. The molecule has 2 unspecified atom stereocenters. The first-order chi connectivity index (χ1) is 9.22. The molecule has 1 aliphatic heterocycles. The molecule has 0 aromatic carbocycles. The van der Waals surface area contributed by atoms with Crippen LogP contribution in [0.25, 0.3) is 0 Å². The van der Waals surface area contributed by atoms with Crippen molar-refractivity contribution in [2.45, 2.75) is 38.8 Å². The van der Waals surface area contributed by atoms with Crippen LogP contribution in [0.3, 0.4) is 0 Å². The standard InChI is InChI=1S/C13H21N3O4/c1-4-20-8-5-13(14,12(8,2)3)11(19)16-6-9(17)15-10(18)7-16/h8H,4-7,14H2,1-3H3,(H,15,17,18). The van der Waals surface area contributed by atoms with Gasteiger partial charge in [-0.3, -0.25) is 19.7 Å². The highest BCUT2D eigenvalue weighted by molar-refractivity contribution is 6.04. The Labute approximate surface area is 117 Å². The zero-order valence-corrected chi connectivity index (χ0v) is 12.1. The predicted octanol–water partition coefficient (Wildman–Crippen LogP) is -0.996. The topological polar surface area (TPSA) is 102 Å². The maximum atomic E-state index is 12.6. The average Bonchev–Trinajstić information content (AvgIpc) is 2.36. The molecular weight excluding hydrogens is 262 g/mol. The Hall–Kier alpha value is -1.47. The number of piperazine rings is 1. The maximum Gasteiger partial charge on any atom is 0.246 e. The molecule has 1 saturated heterocycles. The molecule has 2 fully saturated rings. The van der Waals surface area contributed by atoms with Crippen LogP contribution in [0.2, 0.25) is 0 Å². The smallest absolute Gasteiger partial charge is 0.246 e. The number of hydrogen-bond acceptors (Lipinski definition) is 5. The molecule has 1 heterocycles. The number of nitrogens with zero attached hydrogens (tertiary/aromatic N) is 1. The van der Waals surface area contributed by atoms with E-state index >= 15 is 0 Å². The molecule has 20 heavy (non-hydrogen) atoms. The minimum atomic E-state index is -1.09. The second-order valence-corrected chi connectivity index (χ2v) is 5.97. The molecule has 0 spiro atoms. The summed E-state index contributed by atoms with van der Waals surface area (Å²) in [6.45, 7) is 5.95. The average molecular weight is 283 g/mol. The molecule has 2 rings (SSSR count). The maximum absolute atomic E-state index is 12.6. The van der Waals surface area contributed by atoms with E-state index in [1.54, 1.807) is 0 Å². The molecule has 1 aliphatic carbocycles. The molecule has 7 heteroatoms. The molecule has 3 N–H and O–H groups in total. The van der Waals surface area contributed by atoms with E-state index in [0.717, 1.165) is 0 Å². The van der Waals surface area contributed by atoms with Gasteiger partial charge in [0.2, 0.25) is 17.7 Å². The van der Waals surface area contributed by atoms with Crippen molar-refractivity contribution in [3.8, 4) is 0 Å². The van der Waals surface area contributed by atoms with Gasteiger partial charge < -0.3 is 15.4 Å². The SMILES string of the molecule is CCOC1CC(N)(C(=O)N2CC(=O)NC(=O)C2)C1(C)C. The van der Waals surface area contributed by atoms with E-state index < -0.39 is 22.8 Å². The van der Waals surface area contributed by atoms with Gasteiger partial charge in [0.25, 0.3) is 0 Å². The largest absolute Gasteiger partial charge is 0.378 e. The number of amides is 3. The molecule has 3 amide bonds. The molecule has 2 atom stereocenters. The van der Waals surface area contributed by atoms with E-state index in [0.29, 0.717) is 13.0 Å². The molecule has 0 aromatic heterocycles. The predicted molar refractivity (Wildman–Crippen MR) is 70.5 cm³/mol. The number of nitrogens with one attached hydrogen (secondary N) is 1. The van der Waals surface area contributed by atoms with E-state index in [9.17, 15) is 14.4 Å². The fraction of sp³-hybridized carbons (Fsp3) is 0.769. The normalized spacial score (nSPS) is 32.6. The minimum Gasteiger partial charge on any atom is -0.378 e. The van der Waals surface area contributed by atoms with Crippen LogP contribution in [0, 0.1) is 5.41 Å². The highest BCUT2D eigenvalue weighted by Crippen LogP contribution is 2.50. The summed E-state index contributed by atoms with van der Waals surface area (Å²) >= 11 is 0.